The minimum absolute atomic E-state index is 0.0247. The van der Waals surface area contributed by atoms with Crippen molar-refractivity contribution in [3.05, 3.63) is 34.9 Å². The van der Waals surface area contributed by atoms with Gasteiger partial charge in [-0.3, -0.25) is 4.79 Å². The number of amides is 1. The van der Waals surface area contributed by atoms with Crippen molar-refractivity contribution in [2.24, 2.45) is 0 Å². The van der Waals surface area contributed by atoms with Crippen LogP contribution in [0.4, 0.5) is 0 Å². The van der Waals surface area contributed by atoms with Crippen LogP contribution in [0.1, 0.15) is 28.4 Å². The zero-order valence-corrected chi connectivity index (χ0v) is 11.0. The quantitative estimate of drug-likeness (QED) is 0.839. The molecule has 1 aromatic carbocycles. The van der Waals surface area contributed by atoms with Gasteiger partial charge in [0.05, 0.1) is 6.61 Å². The number of hydrogen-bond donors (Lipinski definition) is 2. The fraction of sp³-hybridized carbons (Fsp3) is 0.500. The first-order chi connectivity index (χ1) is 8.70. The molecule has 4 nitrogen and oxygen atoms in total. The van der Waals surface area contributed by atoms with E-state index in [0.29, 0.717) is 6.61 Å². The second-order valence-corrected chi connectivity index (χ2v) is 4.74. The van der Waals surface area contributed by atoms with E-state index in [4.69, 9.17) is 4.74 Å². The topological polar surface area (TPSA) is 50.4 Å². The molecule has 1 heterocycles. The highest BCUT2D eigenvalue weighted by molar-refractivity contribution is 5.94. The number of ether oxygens (including phenoxy) is 1. The van der Waals surface area contributed by atoms with Crippen molar-refractivity contribution >= 4 is 5.91 Å². The summed E-state index contributed by atoms with van der Waals surface area (Å²) in [5.41, 5.74) is 3.30. The summed E-state index contributed by atoms with van der Waals surface area (Å²) in [5.74, 6) is -0.0343. The van der Waals surface area contributed by atoms with E-state index in [-0.39, 0.29) is 11.9 Å². The molecule has 1 unspecified atom stereocenters. The van der Waals surface area contributed by atoms with E-state index < -0.39 is 0 Å². The number of carbonyl (C=O) groups excluding carboxylic acids is 1. The van der Waals surface area contributed by atoms with E-state index in [9.17, 15) is 4.79 Å². The van der Waals surface area contributed by atoms with Gasteiger partial charge < -0.3 is 15.4 Å². The first-order valence-corrected chi connectivity index (χ1v) is 6.33. The molecular weight excluding hydrogens is 228 g/mol. The van der Waals surface area contributed by atoms with E-state index in [2.05, 4.69) is 16.7 Å². The first kappa shape index (κ1) is 13.1. The third-order valence-electron chi connectivity index (χ3n) is 3.15. The summed E-state index contributed by atoms with van der Waals surface area (Å²) in [6.45, 7) is 4.33. The van der Waals surface area contributed by atoms with Gasteiger partial charge in [0.15, 0.2) is 0 Å². The number of nitrogens with one attached hydrogen (secondary N) is 2. The van der Waals surface area contributed by atoms with Crippen molar-refractivity contribution in [3.63, 3.8) is 0 Å². The summed E-state index contributed by atoms with van der Waals surface area (Å²) >= 11 is 0. The van der Waals surface area contributed by atoms with E-state index in [1.165, 1.54) is 11.1 Å². The van der Waals surface area contributed by atoms with Gasteiger partial charge in [0.1, 0.15) is 0 Å². The van der Waals surface area contributed by atoms with Crippen molar-refractivity contribution in [2.75, 3.05) is 20.3 Å². The number of rotatable bonds is 4. The van der Waals surface area contributed by atoms with Gasteiger partial charge in [-0.2, -0.15) is 0 Å². The van der Waals surface area contributed by atoms with Crippen LogP contribution < -0.4 is 10.6 Å². The molecule has 1 atom stereocenters. The average molecular weight is 248 g/mol. The SMILES string of the molecule is COCC(C)NC(=O)c1ccc2c(c1)CNCC2. The molecule has 1 amide bonds. The second-order valence-electron chi connectivity index (χ2n) is 4.74. The summed E-state index contributed by atoms with van der Waals surface area (Å²) in [4.78, 5) is 12.0. The molecule has 98 valence electrons. The molecule has 0 aliphatic carbocycles. The minimum Gasteiger partial charge on any atom is -0.383 e. The highest BCUT2D eigenvalue weighted by Gasteiger charge is 2.13. The number of fused-ring (bicyclic) bond motifs is 1. The summed E-state index contributed by atoms with van der Waals surface area (Å²) in [7, 11) is 1.63. The maximum atomic E-state index is 12.0. The Hall–Kier alpha value is -1.39. The third-order valence-corrected chi connectivity index (χ3v) is 3.15. The predicted octanol–water partition coefficient (Wildman–Crippen LogP) is 1.10. The molecule has 18 heavy (non-hydrogen) atoms. The lowest BCUT2D eigenvalue weighted by atomic mass is 9.98. The molecule has 0 saturated carbocycles. The fourth-order valence-electron chi connectivity index (χ4n) is 2.22. The van der Waals surface area contributed by atoms with Crippen molar-refractivity contribution in [1.82, 2.24) is 10.6 Å². The van der Waals surface area contributed by atoms with E-state index in [1.807, 2.05) is 19.1 Å². The van der Waals surface area contributed by atoms with Crippen LogP contribution in [0.15, 0.2) is 18.2 Å². The largest absolute Gasteiger partial charge is 0.383 e. The van der Waals surface area contributed by atoms with Gasteiger partial charge in [-0.05, 0) is 43.1 Å². The van der Waals surface area contributed by atoms with Crippen molar-refractivity contribution in [1.29, 1.82) is 0 Å². The van der Waals surface area contributed by atoms with Gasteiger partial charge in [-0.1, -0.05) is 6.07 Å². The molecule has 2 N–H and O–H groups in total. The number of methoxy groups -OCH3 is 1. The number of hydrogen-bond acceptors (Lipinski definition) is 3. The van der Waals surface area contributed by atoms with Crippen molar-refractivity contribution in [3.8, 4) is 0 Å². The van der Waals surface area contributed by atoms with Crippen LogP contribution >= 0.6 is 0 Å². The molecule has 0 aromatic heterocycles. The van der Waals surface area contributed by atoms with Gasteiger partial charge in [-0.15, -0.1) is 0 Å². The Morgan fingerprint density at radius 1 is 1.50 bits per heavy atom. The maximum Gasteiger partial charge on any atom is 0.251 e. The van der Waals surface area contributed by atoms with Gasteiger partial charge in [0.25, 0.3) is 5.91 Å². The summed E-state index contributed by atoms with van der Waals surface area (Å²) in [6.07, 6.45) is 1.04. The highest BCUT2D eigenvalue weighted by Crippen LogP contribution is 2.15. The van der Waals surface area contributed by atoms with E-state index in [0.717, 1.165) is 25.1 Å². The number of benzene rings is 1. The molecule has 1 aliphatic heterocycles. The Balaban J connectivity index is 2.06. The lowest BCUT2D eigenvalue weighted by molar-refractivity contribution is 0.0905. The predicted molar refractivity (Wildman–Crippen MR) is 70.7 cm³/mol. The molecular formula is C14H20N2O2. The smallest absolute Gasteiger partial charge is 0.251 e. The maximum absolute atomic E-state index is 12.0. The van der Waals surface area contributed by atoms with Crippen LogP contribution in [-0.2, 0) is 17.7 Å². The molecule has 4 heteroatoms. The van der Waals surface area contributed by atoms with Crippen molar-refractivity contribution in [2.45, 2.75) is 25.9 Å². The Morgan fingerprint density at radius 3 is 3.11 bits per heavy atom. The van der Waals surface area contributed by atoms with Gasteiger partial charge in [0.2, 0.25) is 0 Å². The van der Waals surface area contributed by atoms with Gasteiger partial charge >= 0.3 is 0 Å². The van der Waals surface area contributed by atoms with Crippen LogP contribution in [-0.4, -0.2) is 32.2 Å². The Morgan fingerprint density at radius 2 is 2.33 bits per heavy atom. The normalized spacial score (nSPS) is 15.9. The van der Waals surface area contributed by atoms with Crippen LogP contribution in [0.3, 0.4) is 0 Å². The number of carbonyl (C=O) groups is 1. The molecule has 0 radical (unpaired) electrons. The summed E-state index contributed by atoms with van der Waals surface area (Å²) < 4.78 is 5.01. The average Bonchev–Trinajstić information content (AvgIpc) is 2.38. The van der Waals surface area contributed by atoms with Gasteiger partial charge in [-0.25, -0.2) is 0 Å². The molecule has 0 saturated heterocycles. The summed E-state index contributed by atoms with van der Waals surface area (Å²) in [5, 5.41) is 6.24. The lowest BCUT2D eigenvalue weighted by Gasteiger charge is -2.18. The van der Waals surface area contributed by atoms with Gasteiger partial charge in [0, 0.05) is 25.3 Å². The van der Waals surface area contributed by atoms with Crippen molar-refractivity contribution < 1.29 is 9.53 Å². The zero-order chi connectivity index (χ0) is 13.0. The second kappa shape index (κ2) is 5.98. The summed E-state index contributed by atoms with van der Waals surface area (Å²) in [6, 6.07) is 5.97. The lowest BCUT2D eigenvalue weighted by Crippen LogP contribution is -2.35. The Kier molecular flexibility index (Phi) is 4.33. The minimum atomic E-state index is -0.0343. The molecule has 2 rings (SSSR count). The van der Waals surface area contributed by atoms with Crippen LogP contribution in [0.2, 0.25) is 0 Å². The zero-order valence-electron chi connectivity index (χ0n) is 11.0. The standard InChI is InChI=1S/C14H20N2O2/c1-10(9-18-2)16-14(17)12-4-3-11-5-6-15-8-13(11)7-12/h3-4,7,10,15H,5-6,8-9H2,1-2H3,(H,16,17). The van der Waals surface area contributed by atoms with Crippen LogP contribution in [0, 0.1) is 0 Å². The van der Waals surface area contributed by atoms with E-state index >= 15 is 0 Å². The Bertz CT molecular complexity index is 432. The van der Waals surface area contributed by atoms with Crippen LogP contribution in [0.5, 0.6) is 0 Å². The molecule has 0 fully saturated rings. The molecule has 0 bridgehead atoms. The first-order valence-electron chi connectivity index (χ1n) is 6.33. The Labute approximate surface area is 108 Å². The molecule has 0 spiro atoms. The van der Waals surface area contributed by atoms with Crippen LogP contribution in [0.25, 0.3) is 0 Å². The fourth-order valence-corrected chi connectivity index (χ4v) is 2.22. The van der Waals surface area contributed by atoms with E-state index in [1.54, 1.807) is 7.11 Å². The monoisotopic (exact) mass is 248 g/mol. The molecule has 1 aliphatic rings. The molecule has 1 aromatic rings. The highest BCUT2D eigenvalue weighted by atomic mass is 16.5. The third kappa shape index (κ3) is 3.09.